The molecular weight excluding hydrogens is 529 g/mol. The quantitative estimate of drug-likeness (QED) is 0.504. The fourth-order valence-corrected chi connectivity index (χ4v) is 5.63. The van der Waals surface area contributed by atoms with Crippen molar-refractivity contribution in [2.24, 2.45) is 0 Å². The minimum absolute atomic E-state index is 0.113. The third kappa shape index (κ3) is 3.39. The summed E-state index contributed by atoms with van der Waals surface area (Å²) in [6.07, 6.45) is -6.60. The van der Waals surface area contributed by atoms with Crippen molar-refractivity contribution in [1.29, 1.82) is 0 Å². The normalized spacial score (nSPS) is 19.8. The van der Waals surface area contributed by atoms with Crippen LogP contribution in [0.1, 0.15) is 17.9 Å². The predicted molar refractivity (Wildman–Crippen MR) is 82.0 cm³/mol. The molecule has 1 heterocycles. The lowest BCUT2D eigenvalue weighted by Crippen LogP contribution is -2.56. The summed E-state index contributed by atoms with van der Waals surface area (Å²) in [6, 6.07) is 3.03. The Morgan fingerprint density at radius 3 is 2.15 bits per heavy atom. The topological polar surface area (TPSA) is 43.4 Å². The average Bonchev–Trinajstić information content (AvgIpc) is 2.98. The van der Waals surface area contributed by atoms with Crippen LogP contribution in [0.15, 0.2) is 19.9 Å². The molecule has 13 heteroatoms. The van der Waals surface area contributed by atoms with Gasteiger partial charge in [0, 0.05) is 27.5 Å². The summed E-state index contributed by atoms with van der Waals surface area (Å²) in [5, 5.41) is -6.42. The molecule has 1 aliphatic heterocycles. The van der Waals surface area contributed by atoms with Crippen molar-refractivity contribution in [3.8, 4) is 0 Å². The maximum atomic E-state index is 14.0. The van der Waals surface area contributed by atoms with Crippen LogP contribution < -0.4 is 0 Å². The molecule has 0 amide bonds. The SMILES string of the molecule is O=S(=O)(c1cc(Br)[c]c(Br)c1C1CCOC1)C(F)(F)C(F)(F)C(F)(F)F. The molecule has 1 fully saturated rings. The number of hydrogen-bond acceptors (Lipinski definition) is 3. The van der Waals surface area contributed by atoms with E-state index in [1.54, 1.807) is 0 Å². The molecule has 26 heavy (non-hydrogen) atoms. The second-order valence-corrected chi connectivity index (χ2v) is 8.97. The van der Waals surface area contributed by atoms with Gasteiger partial charge in [0.1, 0.15) is 0 Å². The monoisotopic (exact) mass is 535 g/mol. The van der Waals surface area contributed by atoms with Gasteiger partial charge in [-0.15, -0.1) is 0 Å². The summed E-state index contributed by atoms with van der Waals surface area (Å²) < 4.78 is 121. The molecule has 0 saturated carbocycles. The summed E-state index contributed by atoms with van der Waals surface area (Å²) in [6.45, 7) is 0.0274. The molecule has 1 aliphatic rings. The molecule has 0 bridgehead atoms. The van der Waals surface area contributed by atoms with Crippen LogP contribution in [0.3, 0.4) is 0 Å². The predicted octanol–water partition coefficient (Wildman–Crippen LogP) is 5.08. The van der Waals surface area contributed by atoms with Gasteiger partial charge in [-0.25, -0.2) is 8.42 Å². The number of benzene rings is 1. The lowest BCUT2D eigenvalue weighted by atomic mass is 9.99. The van der Waals surface area contributed by atoms with Crippen LogP contribution in [0.25, 0.3) is 0 Å². The van der Waals surface area contributed by atoms with E-state index >= 15 is 0 Å². The number of rotatable bonds is 4. The zero-order valence-corrected chi connectivity index (χ0v) is 16.3. The van der Waals surface area contributed by atoms with E-state index < -0.39 is 38.0 Å². The molecule has 3 nitrogen and oxygen atoms in total. The Balaban J connectivity index is 2.73. The van der Waals surface area contributed by atoms with Crippen molar-refractivity contribution < 1.29 is 43.9 Å². The van der Waals surface area contributed by atoms with E-state index in [0.717, 1.165) is 0 Å². The van der Waals surface area contributed by atoms with Crippen LogP contribution in [-0.4, -0.2) is 39.0 Å². The van der Waals surface area contributed by atoms with Gasteiger partial charge in [-0.3, -0.25) is 0 Å². The van der Waals surface area contributed by atoms with Gasteiger partial charge in [0.2, 0.25) is 0 Å². The summed E-state index contributed by atoms with van der Waals surface area (Å²) >= 11 is 5.67. The molecule has 2 rings (SSSR count). The lowest BCUT2D eigenvalue weighted by Gasteiger charge is -2.29. The second-order valence-electron chi connectivity index (χ2n) is 5.36. The number of sulfone groups is 1. The molecule has 1 aromatic rings. The molecule has 147 valence electrons. The van der Waals surface area contributed by atoms with Crippen molar-refractivity contribution >= 4 is 41.7 Å². The molecule has 1 atom stereocenters. The van der Waals surface area contributed by atoms with Gasteiger partial charge >= 0.3 is 17.4 Å². The standard InChI is InChI=1S/C13H8Br2F7O3S/c14-7-3-8(15)10(6-1-2-25-5-6)9(4-7)26(23,24)13(21,22)11(16,17)12(18,19)20/h4,6H,1-2,5H2. The fourth-order valence-electron chi connectivity index (χ4n) is 2.35. The molecule has 0 spiro atoms. The van der Waals surface area contributed by atoms with E-state index in [1.165, 1.54) is 0 Å². The first-order valence-electron chi connectivity index (χ1n) is 6.70. The van der Waals surface area contributed by atoms with Gasteiger partial charge in [0.25, 0.3) is 9.84 Å². The molecule has 1 unspecified atom stereocenters. The molecule has 0 aromatic heterocycles. The van der Waals surface area contributed by atoms with E-state index in [0.29, 0.717) is 6.07 Å². The minimum atomic E-state index is -6.79. The average molecular weight is 537 g/mol. The highest BCUT2D eigenvalue weighted by molar-refractivity contribution is 9.11. The minimum Gasteiger partial charge on any atom is -0.381 e. The van der Waals surface area contributed by atoms with Gasteiger partial charge in [-0.1, -0.05) is 15.9 Å². The Kier molecular flexibility index (Phi) is 5.80. The van der Waals surface area contributed by atoms with Gasteiger partial charge in [-0.05, 0) is 34.0 Å². The van der Waals surface area contributed by atoms with E-state index in [9.17, 15) is 39.2 Å². The van der Waals surface area contributed by atoms with E-state index in [1.807, 2.05) is 0 Å². The van der Waals surface area contributed by atoms with Crippen LogP contribution in [0.2, 0.25) is 0 Å². The largest absolute Gasteiger partial charge is 0.461 e. The number of halogens is 9. The summed E-state index contributed by atoms with van der Waals surface area (Å²) in [5.41, 5.74) is -0.386. The van der Waals surface area contributed by atoms with Crippen LogP contribution in [0.4, 0.5) is 30.7 Å². The Hall–Kier alpha value is -0.400. The fraction of sp³-hybridized carbons (Fsp3) is 0.538. The lowest BCUT2D eigenvalue weighted by molar-refractivity contribution is -0.332. The van der Waals surface area contributed by atoms with Gasteiger partial charge in [-0.2, -0.15) is 30.7 Å². The van der Waals surface area contributed by atoms with Crippen molar-refractivity contribution in [3.05, 3.63) is 26.6 Å². The highest BCUT2D eigenvalue weighted by atomic mass is 79.9. The number of hydrogen-bond donors (Lipinski definition) is 0. The highest BCUT2D eigenvalue weighted by Gasteiger charge is 2.78. The van der Waals surface area contributed by atoms with Gasteiger partial charge in [0.15, 0.2) is 0 Å². The number of ether oxygens (including phenoxy) is 1. The van der Waals surface area contributed by atoms with Crippen molar-refractivity contribution in [2.75, 3.05) is 13.2 Å². The number of alkyl halides is 7. The zero-order chi connectivity index (χ0) is 20.1. The smallest absolute Gasteiger partial charge is 0.381 e. The maximum absolute atomic E-state index is 14.0. The Labute approximate surface area is 160 Å². The summed E-state index contributed by atoms with van der Waals surface area (Å²) in [5.74, 6) is -7.59. The van der Waals surface area contributed by atoms with Gasteiger partial charge < -0.3 is 4.74 Å². The second kappa shape index (κ2) is 6.89. The molecule has 1 aromatic carbocycles. The van der Waals surface area contributed by atoms with E-state index in [-0.39, 0.29) is 34.1 Å². The summed E-state index contributed by atoms with van der Waals surface area (Å²) in [7, 11) is -6.43. The van der Waals surface area contributed by atoms with Crippen LogP contribution >= 0.6 is 31.9 Å². The van der Waals surface area contributed by atoms with Crippen LogP contribution in [0.5, 0.6) is 0 Å². The Morgan fingerprint density at radius 1 is 1.12 bits per heavy atom. The third-order valence-corrected chi connectivity index (χ3v) is 6.58. The zero-order valence-electron chi connectivity index (χ0n) is 12.3. The molecule has 1 radical (unpaired) electrons. The molecule has 1 saturated heterocycles. The molecule has 0 N–H and O–H groups in total. The van der Waals surface area contributed by atoms with Crippen molar-refractivity contribution in [1.82, 2.24) is 0 Å². The van der Waals surface area contributed by atoms with Crippen LogP contribution in [-0.2, 0) is 14.6 Å². The molecule has 0 aliphatic carbocycles. The first-order valence-corrected chi connectivity index (χ1v) is 9.77. The Bertz CT molecular complexity index is 803. The van der Waals surface area contributed by atoms with Crippen LogP contribution in [0, 0.1) is 6.07 Å². The van der Waals surface area contributed by atoms with E-state index in [4.69, 9.17) is 4.74 Å². The third-order valence-electron chi connectivity index (χ3n) is 3.68. The first kappa shape index (κ1) is 21.9. The van der Waals surface area contributed by atoms with Crippen molar-refractivity contribution in [2.45, 2.75) is 34.6 Å². The van der Waals surface area contributed by atoms with Gasteiger partial charge in [0.05, 0.1) is 11.5 Å². The summed E-state index contributed by atoms with van der Waals surface area (Å²) in [4.78, 5) is -1.35. The first-order chi connectivity index (χ1) is 11.6. The maximum Gasteiger partial charge on any atom is 0.461 e. The Morgan fingerprint density at radius 2 is 1.69 bits per heavy atom. The van der Waals surface area contributed by atoms with Crippen molar-refractivity contribution in [3.63, 3.8) is 0 Å². The highest BCUT2D eigenvalue weighted by Crippen LogP contribution is 2.52. The van der Waals surface area contributed by atoms with E-state index in [2.05, 4.69) is 37.9 Å². The molecular formula is C13H8Br2F7O3S.